The van der Waals surface area contributed by atoms with Gasteiger partial charge in [-0.15, -0.1) is 0 Å². The summed E-state index contributed by atoms with van der Waals surface area (Å²) < 4.78 is 1.28. The number of hydrogen-bond donors (Lipinski definition) is 0. The molecule has 196 valence electrons. The Morgan fingerprint density at radius 1 is 0.424 bits per heavy atom. The van der Waals surface area contributed by atoms with Crippen LogP contribution in [-0.2, 0) is 0 Å². The van der Waals surface area contributed by atoms with Crippen molar-refractivity contribution in [3.8, 4) is 6.07 Å². The largest absolute Gasteiger partial charge is 0.326 e. The number of nitriles is 1. The minimum absolute atomic E-state index is 0.737. The first kappa shape index (κ1) is 32.5. The minimum Gasteiger partial charge on any atom is -0.326 e. The Hall–Kier alpha value is -0.550. The van der Waals surface area contributed by atoms with Gasteiger partial charge in [-0.3, -0.25) is 0 Å². The molecule has 0 saturated carbocycles. The number of quaternary nitrogens is 1. The Labute approximate surface area is 210 Å². The van der Waals surface area contributed by atoms with Crippen molar-refractivity contribution in [2.24, 2.45) is 0 Å². The van der Waals surface area contributed by atoms with Crippen LogP contribution >= 0.6 is 0 Å². The molecule has 0 amide bonds. The van der Waals surface area contributed by atoms with Crippen LogP contribution in [-0.4, -0.2) is 31.2 Å². The highest BCUT2D eigenvalue weighted by Gasteiger charge is 2.20. The Morgan fingerprint density at radius 3 is 1.00 bits per heavy atom. The summed E-state index contributed by atoms with van der Waals surface area (Å²) in [5.74, 6) is 0. The Kier molecular flexibility index (Phi) is 25.6. The van der Waals surface area contributed by atoms with Gasteiger partial charge in [-0.05, 0) is 44.9 Å². The van der Waals surface area contributed by atoms with Gasteiger partial charge in [0.25, 0.3) is 0 Å². The highest BCUT2D eigenvalue weighted by molar-refractivity contribution is 4.67. The van der Waals surface area contributed by atoms with E-state index in [1.807, 2.05) is 0 Å². The summed E-state index contributed by atoms with van der Waals surface area (Å²) >= 11 is 0. The molecule has 2 nitrogen and oxygen atoms in total. The summed E-state index contributed by atoms with van der Waals surface area (Å²) in [7, 11) is 2.52. The molecule has 33 heavy (non-hydrogen) atoms. The lowest BCUT2D eigenvalue weighted by atomic mass is 10.0. The summed E-state index contributed by atoms with van der Waals surface area (Å²) in [6, 6.07) is 2.31. The van der Waals surface area contributed by atoms with Crippen molar-refractivity contribution in [1.29, 1.82) is 5.26 Å². The predicted molar refractivity (Wildman–Crippen MR) is 149 cm³/mol. The van der Waals surface area contributed by atoms with E-state index in [1.54, 1.807) is 0 Å². The van der Waals surface area contributed by atoms with Gasteiger partial charge in [0, 0.05) is 6.42 Å². The lowest BCUT2D eigenvalue weighted by Crippen LogP contribution is -2.46. The maximum atomic E-state index is 8.79. The lowest BCUT2D eigenvalue weighted by molar-refractivity contribution is -0.910. The molecule has 0 aliphatic carbocycles. The van der Waals surface area contributed by atoms with Gasteiger partial charge in [-0.25, -0.2) is 0 Å². The van der Waals surface area contributed by atoms with Gasteiger partial charge >= 0.3 is 0 Å². The number of unbranched alkanes of at least 4 members (excludes halogenated alkanes) is 21. The maximum absolute atomic E-state index is 8.79. The van der Waals surface area contributed by atoms with E-state index >= 15 is 0 Å². The van der Waals surface area contributed by atoms with Crippen molar-refractivity contribution in [2.45, 2.75) is 168 Å². The average molecular weight is 464 g/mol. The SMILES string of the molecule is CCCCCCCCCCCC[N+](C)(CCCCCC#N)CCCCCCCCCCCC. The molecular weight excluding hydrogens is 400 g/mol. The molecule has 0 aromatic rings. The van der Waals surface area contributed by atoms with Crippen LogP contribution in [0, 0.1) is 11.3 Å². The third kappa shape index (κ3) is 24.4. The van der Waals surface area contributed by atoms with E-state index in [-0.39, 0.29) is 0 Å². The van der Waals surface area contributed by atoms with Crippen molar-refractivity contribution in [2.75, 3.05) is 26.7 Å². The zero-order valence-electron chi connectivity index (χ0n) is 23.5. The predicted octanol–water partition coefficient (Wildman–Crippen LogP) is 10.4. The van der Waals surface area contributed by atoms with Crippen LogP contribution in [0.1, 0.15) is 168 Å². The van der Waals surface area contributed by atoms with Gasteiger partial charge in [0.15, 0.2) is 0 Å². The average Bonchev–Trinajstić information content (AvgIpc) is 2.81. The van der Waals surface area contributed by atoms with E-state index in [1.165, 1.54) is 165 Å². The van der Waals surface area contributed by atoms with Crippen molar-refractivity contribution in [3.63, 3.8) is 0 Å². The number of nitrogens with zero attached hydrogens (tertiary/aromatic N) is 2. The summed E-state index contributed by atoms with van der Waals surface area (Å²) in [6.07, 6.45) is 33.0. The van der Waals surface area contributed by atoms with Gasteiger partial charge < -0.3 is 4.48 Å². The van der Waals surface area contributed by atoms with Gasteiger partial charge in [0.1, 0.15) is 0 Å². The number of hydrogen-bond acceptors (Lipinski definition) is 1. The second-order valence-corrected chi connectivity index (χ2v) is 11.1. The fourth-order valence-electron chi connectivity index (χ4n) is 5.17. The second-order valence-electron chi connectivity index (χ2n) is 11.1. The second kappa shape index (κ2) is 26.1. The number of rotatable bonds is 27. The van der Waals surface area contributed by atoms with Crippen LogP contribution in [0.5, 0.6) is 0 Å². The maximum Gasteiger partial charge on any atom is 0.0784 e. The van der Waals surface area contributed by atoms with Crippen molar-refractivity contribution >= 4 is 0 Å². The topological polar surface area (TPSA) is 23.8 Å². The molecule has 0 aliphatic rings. The highest BCUT2D eigenvalue weighted by atomic mass is 15.3. The molecule has 0 atom stereocenters. The molecule has 0 aliphatic heterocycles. The zero-order valence-corrected chi connectivity index (χ0v) is 23.5. The lowest BCUT2D eigenvalue weighted by Gasteiger charge is -2.35. The molecular formula is C31H63N2+. The fraction of sp³-hybridized carbons (Fsp3) is 0.968. The van der Waals surface area contributed by atoms with Crippen LogP contribution in [0.3, 0.4) is 0 Å². The molecule has 0 unspecified atom stereocenters. The third-order valence-electron chi connectivity index (χ3n) is 7.59. The van der Waals surface area contributed by atoms with Crippen LogP contribution in [0.2, 0.25) is 0 Å². The van der Waals surface area contributed by atoms with E-state index in [2.05, 4.69) is 27.0 Å². The Balaban J connectivity index is 3.96. The summed E-state index contributed by atoms with van der Waals surface area (Å²) in [4.78, 5) is 0. The van der Waals surface area contributed by atoms with Crippen LogP contribution < -0.4 is 0 Å². The molecule has 0 saturated heterocycles. The summed E-state index contributed by atoms with van der Waals surface area (Å²) in [5, 5.41) is 8.79. The van der Waals surface area contributed by atoms with Gasteiger partial charge in [-0.1, -0.05) is 117 Å². The Morgan fingerprint density at radius 2 is 0.697 bits per heavy atom. The minimum atomic E-state index is 0.737. The van der Waals surface area contributed by atoms with E-state index < -0.39 is 0 Å². The Bertz CT molecular complexity index is 388. The molecule has 0 rings (SSSR count). The van der Waals surface area contributed by atoms with E-state index in [4.69, 9.17) is 5.26 Å². The van der Waals surface area contributed by atoms with E-state index in [9.17, 15) is 0 Å². The standard InChI is InChI=1S/C31H63N2/c1-4-6-8-10-12-14-16-18-21-25-29-33(3,31-27-23-20-24-28-32)30-26-22-19-17-15-13-11-9-7-5-2/h4-27,29-31H2,1-3H3/q+1. The van der Waals surface area contributed by atoms with Crippen LogP contribution in [0.25, 0.3) is 0 Å². The normalized spacial score (nSPS) is 11.7. The van der Waals surface area contributed by atoms with Crippen molar-refractivity contribution < 1.29 is 4.48 Å². The van der Waals surface area contributed by atoms with E-state index in [0.29, 0.717) is 0 Å². The smallest absolute Gasteiger partial charge is 0.0784 e. The molecule has 0 radical (unpaired) electrons. The molecule has 2 heteroatoms. The first-order chi connectivity index (χ1) is 16.2. The molecule has 0 bridgehead atoms. The first-order valence-electron chi connectivity index (χ1n) is 15.4. The van der Waals surface area contributed by atoms with E-state index in [0.717, 1.165) is 12.8 Å². The van der Waals surface area contributed by atoms with Gasteiger partial charge in [0.05, 0.1) is 32.8 Å². The van der Waals surface area contributed by atoms with Crippen LogP contribution in [0.4, 0.5) is 0 Å². The van der Waals surface area contributed by atoms with Crippen LogP contribution in [0.15, 0.2) is 0 Å². The molecule has 0 N–H and O–H groups in total. The quantitative estimate of drug-likeness (QED) is 0.0877. The fourth-order valence-corrected chi connectivity index (χ4v) is 5.17. The molecule has 0 aromatic carbocycles. The summed E-state index contributed by atoms with van der Waals surface area (Å²) in [6.45, 7) is 8.66. The van der Waals surface area contributed by atoms with Crippen molar-refractivity contribution in [3.05, 3.63) is 0 Å². The summed E-state index contributed by atoms with van der Waals surface area (Å²) in [5.41, 5.74) is 0. The third-order valence-corrected chi connectivity index (χ3v) is 7.59. The zero-order chi connectivity index (χ0) is 24.3. The monoisotopic (exact) mass is 463 g/mol. The molecule has 0 heterocycles. The highest BCUT2D eigenvalue weighted by Crippen LogP contribution is 2.17. The first-order valence-corrected chi connectivity index (χ1v) is 15.4. The van der Waals surface area contributed by atoms with Gasteiger partial charge in [-0.2, -0.15) is 5.26 Å². The van der Waals surface area contributed by atoms with Gasteiger partial charge in [0.2, 0.25) is 0 Å². The molecule has 0 aromatic heterocycles. The molecule has 0 fully saturated rings. The molecule has 0 spiro atoms. The van der Waals surface area contributed by atoms with Crippen molar-refractivity contribution in [1.82, 2.24) is 0 Å².